The third kappa shape index (κ3) is 2.74. The number of rotatable bonds is 4. The maximum absolute atomic E-state index is 13.4. The highest BCUT2D eigenvalue weighted by Crippen LogP contribution is 2.30. The minimum absolute atomic E-state index is 0.172. The fraction of sp³-hybridized carbons (Fsp3) is 0.286. The molecule has 3 rings (SSSR count). The predicted molar refractivity (Wildman–Crippen MR) is 74.6 cm³/mol. The summed E-state index contributed by atoms with van der Waals surface area (Å²) in [5.41, 5.74) is 0.888. The molecular weight excluding hydrogens is 269 g/mol. The van der Waals surface area contributed by atoms with Crippen LogP contribution in [0.4, 0.5) is 4.39 Å². The molecule has 18 heavy (non-hydrogen) atoms. The Balaban J connectivity index is 1.76. The van der Waals surface area contributed by atoms with Crippen LogP contribution in [-0.4, -0.2) is 6.04 Å². The van der Waals surface area contributed by atoms with Crippen molar-refractivity contribution in [1.82, 2.24) is 5.32 Å². The summed E-state index contributed by atoms with van der Waals surface area (Å²) < 4.78 is 13.4. The van der Waals surface area contributed by atoms with Crippen LogP contribution in [0.1, 0.15) is 17.7 Å². The first-order chi connectivity index (χ1) is 8.72. The molecule has 0 aliphatic heterocycles. The molecule has 0 amide bonds. The fourth-order valence-corrected chi connectivity index (χ4v) is 2.88. The Bertz CT molecular complexity index is 563. The zero-order valence-corrected chi connectivity index (χ0v) is 11.3. The van der Waals surface area contributed by atoms with Gasteiger partial charge in [0.1, 0.15) is 5.82 Å². The van der Waals surface area contributed by atoms with Crippen LogP contribution in [-0.2, 0) is 6.54 Å². The van der Waals surface area contributed by atoms with Crippen molar-refractivity contribution in [3.05, 3.63) is 46.0 Å². The Morgan fingerprint density at radius 1 is 1.28 bits per heavy atom. The van der Waals surface area contributed by atoms with Crippen molar-refractivity contribution in [3.63, 3.8) is 0 Å². The summed E-state index contributed by atoms with van der Waals surface area (Å²) >= 11 is 7.38. The van der Waals surface area contributed by atoms with Crippen molar-refractivity contribution in [2.24, 2.45) is 0 Å². The van der Waals surface area contributed by atoms with Gasteiger partial charge < -0.3 is 5.32 Å². The molecule has 0 radical (unpaired) electrons. The topological polar surface area (TPSA) is 12.0 Å². The molecule has 0 unspecified atom stereocenters. The number of nitrogens with one attached hydrogen (secondary N) is 1. The molecule has 94 valence electrons. The van der Waals surface area contributed by atoms with Crippen molar-refractivity contribution >= 4 is 22.9 Å². The molecular formula is C14H13ClFNS. The van der Waals surface area contributed by atoms with Gasteiger partial charge in [0.05, 0.1) is 5.02 Å². The number of hydrogen-bond donors (Lipinski definition) is 1. The summed E-state index contributed by atoms with van der Waals surface area (Å²) in [6.07, 6.45) is 2.58. The van der Waals surface area contributed by atoms with Crippen LogP contribution in [0.5, 0.6) is 0 Å². The SMILES string of the molecule is Fc1cc(-c2ccc(CNC3CC3)s2)ccc1Cl. The molecule has 4 heteroatoms. The van der Waals surface area contributed by atoms with Crippen LogP contribution >= 0.6 is 22.9 Å². The molecule has 1 aromatic carbocycles. The minimum atomic E-state index is -0.361. The molecule has 1 aromatic heterocycles. The highest BCUT2D eigenvalue weighted by atomic mass is 35.5. The van der Waals surface area contributed by atoms with Crippen molar-refractivity contribution in [2.45, 2.75) is 25.4 Å². The van der Waals surface area contributed by atoms with E-state index in [4.69, 9.17) is 11.6 Å². The van der Waals surface area contributed by atoms with Gasteiger partial charge in [-0.3, -0.25) is 0 Å². The Labute approximate surface area is 115 Å². The Hall–Kier alpha value is -0.900. The molecule has 1 fully saturated rings. The summed E-state index contributed by atoms with van der Waals surface area (Å²) in [5, 5.41) is 3.65. The van der Waals surface area contributed by atoms with E-state index in [-0.39, 0.29) is 10.8 Å². The highest BCUT2D eigenvalue weighted by Gasteiger charge is 2.20. The lowest BCUT2D eigenvalue weighted by Gasteiger charge is -2.00. The van der Waals surface area contributed by atoms with E-state index >= 15 is 0 Å². The van der Waals surface area contributed by atoms with Gasteiger partial charge in [-0.05, 0) is 42.7 Å². The second kappa shape index (κ2) is 5.00. The van der Waals surface area contributed by atoms with Crippen molar-refractivity contribution < 1.29 is 4.39 Å². The van der Waals surface area contributed by atoms with Crippen LogP contribution in [0, 0.1) is 5.82 Å². The lowest BCUT2D eigenvalue weighted by molar-refractivity contribution is 0.629. The normalized spacial score (nSPS) is 15.0. The van der Waals surface area contributed by atoms with E-state index in [0.29, 0.717) is 6.04 Å². The van der Waals surface area contributed by atoms with Gasteiger partial charge >= 0.3 is 0 Å². The zero-order valence-electron chi connectivity index (χ0n) is 9.75. The van der Waals surface area contributed by atoms with Gasteiger partial charge in [0, 0.05) is 22.3 Å². The standard InChI is InChI=1S/C14H13ClFNS/c15-12-5-1-9(7-13(12)16)14-6-4-11(18-14)8-17-10-2-3-10/h1,4-7,10,17H,2-3,8H2. The Morgan fingerprint density at radius 3 is 2.83 bits per heavy atom. The molecule has 1 nitrogen and oxygen atoms in total. The van der Waals surface area contributed by atoms with Crippen molar-refractivity contribution in [1.29, 1.82) is 0 Å². The average molecular weight is 282 g/mol. The summed E-state index contributed by atoms with van der Waals surface area (Å²) in [6.45, 7) is 0.908. The largest absolute Gasteiger partial charge is 0.309 e. The van der Waals surface area contributed by atoms with E-state index in [1.807, 2.05) is 12.1 Å². The summed E-state index contributed by atoms with van der Waals surface area (Å²) in [4.78, 5) is 2.37. The Kier molecular flexibility index (Phi) is 3.37. The second-order valence-electron chi connectivity index (χ2n) is 4.55. The van der Waals surface area contributed by atoms with E-state index in [1.54, 1.807) is 17.4 Å². The monoisotopic (exact) mass is 281 g/mol. The molecule has 0 atom stereocenters. The van der Waals surface area contributed by atoms with E-state index in [1.165, 1.54) is 23.8 Å². The van der Waals surface area contributed by atoms with Crippen LogP contribution < -0.4 is 5.32 Å². The predicted octanol–water partition coefficient (Wildman–Crippen LogP) is 4.46. The van der Waals surface area contributed by atoms with Gasteiger partial charge in [0.2, 0.25) is 0 Å². The average Bonchev–Trinajstić information content (AvgIpc) is 3.08. The molecule has 1 aliphatic carbocycles. The maximum Gasteiger partial charge on any atom is 0.142 e. The van der Waals surface area contributed by atoms with E-state index in [2.05, 4.69) is 11.4 Å². The Morgan fingerprint density at radius 2 is 2.11 bits per heavy atom. The van der Waals surface area contributed by atoms with Gasteiger partial charge in [-0.25, -0.2) is 4.39 Å². The third-order valence-corrected chi connectivity index (χ3v) is 4.45. The number of thiophene rings is 1. The molecule has 1 aliphatic rings. The molecule has 0 spiro atoms. The number of halogens is 2. The van der Waals surface area contributed by atoms with Crippen LogP contribution in [0.2, 0.25) is 5.02 Å². The van der Waals surface area contributed by atoms with Gasteiger partial charge in [-0.1, -0.05) is 17.7 Å². The minimum Gasteiger partial charge on any atom is -0.309 e. The number of benzene rings is 1. The lowest BCUT2D eigenvalue weighted by Crippen LogP contribution is -2.14. The first kappa shape index (κ1) is 12.2. The third-order valence-electron chi connectivity index (χ3n) is 3.01. The van der Waals surface area contributed by atoms with E-state index in [9.17, 15) is 4.39 Å². The highest BCUT2D eigenvalue weighted by molar-refractivity contribution is 7.15. The molecule has 1 saturated carbocycles. The zero-order chi connectivity index (χ0) is 12.5. The van der Waals surface area contributed by atoms with Crippen LogP contribution in [0.3, 0.4) is 0 Å². The quantitative estimate of drug-likeness (QED) is 0.872. The van der Waals surface area contributed by atoms with Crippen molar-refractivity contribution in [3.8, 4) is 10.4 Å². The summed E-state index contributed by atoms with van der Waals surface area (Å²) in [6, 6.07) is 9.80. The summed E-state index contributed by atoms with van der Waals surface area (Å²) in [7, 11) is 0. The van der Waals surface area contributed by atoms with Crippen LogP contribution in [0.25, 0.3) is 10.4 Å². The van der Waals surface area contributed by atoms with Gasteiger partial charge in [-0.2, -0.15) is 0 Å². The second-order valence-corrected chi connectivity index (χ2v) is 6.13. The molecule has 0 bridgehead atoms. The van der Waals surface area contributed by atoms with Gasteiger partial charge in [-0.15, -0.1) is 11.3 Å². The first-order valence-electron chi connectivity index (χ1n) is 6.00. The maximum atomic E-state index is 13.4. The van der Waals surface area contributed by atoms with Crippen molar-refractivity contribution in [2.75, 3.05) is 0 Å². The first-order valence-corrected chi connectivity index (χ1v) is 7.19. The van der Waals surface area contributed by atoms with Crippen LogP contribution in [0.15, 0.2) is 30.3 Å². The molecule has 2 aromatic rings. The summed E-state index contributed by atoms with van der Waals surface area (Å²) in [5.74, 6) is -0.361. The lowest BCUT2D eigenvalue weighted by atomic mass is 10.2. The molecule has 1 heterocycles. The van der Waals surface area contributed by atoms with Gasteiger partial charge in [0.15, 0.2) is 0 Å². The number of hydrogen-bond acceptors (Lipinski definition) is 2. The molecule has 0 saturated heterocycles. The molecule has 1 N–H and O–H groups in total. The van der Waals surface area contributed by atoms with E-state index in [0.717, 1.165) is 17.0 Å². The van der Waals surface area contributed by atoms with E-state index < -0.39 is 0 Å². The smallest absolute Gasteiger partial charge is 0.142 e. The fourth-order valence-electron chi connectivity index (χ4n) is 1.81. The van der Waals surface area contributed by atoms with Gasteiger partial charge in [0.25, 0.3) is 0 Å².